The molecule has 9 nitrogen and oxygen atoms in total. The van der Waals surface area contributed by atoms with Crippen LogP contribution in [-0.4, -0.2) is 92.9 Å². The first-order valence-electron chi connectivity index (χ1n) is 14.8. The number of carbonyl (C=O) groups excluding carboxylic acids is 1. The van der Waals surface area contributed by atoms with Crippen LogP contribution in [0.1, 0.15) is 63.0 Å². The number of aliphatic hydroxyl groups excluding tert-OH is 1. The maximum Gasteiger partial charge on any atom is 0.329 e. The molecule has 2 aromatic rings. The number of fused-ring (bicyclic) bond motifs is 1. The number of likely N-dealkylation sites (tertiary alicyclic amines) is 1. The Morgan fingerprint density at radius 3 is 2.47 bits per heavy atom. The minimum Gasteiger partial charge on any atom is -0.372 e. The molecule has 4 aliphatic rings. The van der Waals surface area contributed by atoms with Crippen molar-refractivity contribution in [2.45, 2.75) is 76.2 Å². The third-order valence-corrected chi connectivity index (χ3v) is 9.64. The predicted molar refractivity (Wildman–Crippen MR) is 148 cm³/mol. The fourth-order valence-corrected chi connectivity index (χ4v) is 7.42. The lowest BCUT2D eigenvalue weighted by molar-refractivity contribution is -0.128. The first-order valence-corrected chi connectivity index (χ1v) is 14.8. The van der Waals surface area contributed by atoms with Gasteiger partial charge in [0, 0.05) is 65.3 Å². The van der Waals surface area contributed by atoms with E-state index in [1.807, 2.05) is 6.07 Å². The van der Waals surface area contributed by atoms with Gasteiger partial charge in [-0.25, -0.2) is 4.79 Å². The molecule has 208 valence electrons. The minimum atomic E-state index is -1.05. The second-order valence-electron chi connectivity index (χ2n) is 12.2. The normalized spacial score (nSPS) is 28.8. The van der Waals surface area contributed by atoms with E-state index in [0.29, 0.717) is 18.9 Å². The van der Waals surface area contributed by atoms with Crippen molar-refractivity contribution in [3.8, 4) is 0 Å². The smallest absolute Gasteiger partial charge is 0.329 e. The number of piperazine rings is 1. The van der Waals surface area contributed by atoms with E-state index in [1.165, 1.54) is 63.7 Å². The maximum absolute atomic E-state index is 13.1. The van der Waals surface area contributed by atoms with Crippen molar-refractivity contribution in [1.29, 1.82) is 0 Å². The molecular weight excluding hydrogens is 480 g/mol. The molecule has 1 aromatic carbocycles. The van der Waals surface area contributed by atoms with E-state index in [-0.39, 0.29) is 11.6 Å². The summed E-state index contributed by atoms with van der Waals surface area (Å²) < 4.78 is 3.32. The summed E-state index contributed by atoms with van der Waals surface area (Å²) in [7, 11) is 1.79. The van der Waals surface area contributed by atoms with Gasteiger partial charge in [0.2, 0.25) is 5.91 Å². The van der Waals surface area contributed by atoms with Crippen LogP contribution in [0.3, 0.4) is 0 Å². The van der Waals surface area contributed by atoms with Crippen molar-refractivity contribution < 1.29 is 9.90 Å². The quantitative estimate of drug-likeness (QED) is 0.600. The molecule has 0 spiro atoms. The van der Waals surface area contributed by atoms with Crippen LogP contribution in [0.15, 0.2) is 23.0 Å². The van der Waals surface area contributed by atoms with Gasteiger partial charge >= 0.3 is 5.69 Å². The second kappa shape index (κ2) is 11.1. The predicted octanol–water partition coefficient (Wildman–Crippen LogP) is 1.88. The van der Waals surface area contributed by atoms with Crippen molar-refractivity contribution >= 4 is 16.9 Å². The number of hydrogen-bond donors (Lipinski definition) is 2. The van der Waals surface area contributed by atoms with Crippen molar-refractivity contribution in [1.82, 2.24) is 29.2 Å². The Balaban J connectivity index is 1.05. The molecule has 3 saturated heterocycles. The van der Waals surface area contributed by atoms with Gasteiger partial charge in [-0.2, -0.15) is 0 Å². The summed E-state index contributed by atoms with van der Waals surface area (Å²) in [6, 6.07) is 6.50. The van der Waals surface area contributed by atoms with Crippen molar-refractivity contribution in [2.24, 2.45) is 13.0 Å². The van der Waals surface area contributed by atoms with Gasteiger partial charge in [0.1, 0.15) is 6.23 Å². The zero-order valence-corrected chi connectivity index (χ0v) is 22.9. The van der Waals surface area contributed by atoms with Crippen LogP contribution in [0.4, 0.5) is 0 Å². The third-order valence-electron chi connectivity index (χ3n) is 9.64. The van der Waals surface area contributed by atoms with Crippen LogP contribution < -0.4 is 11.0 Å². The van der Waals surface area contributed by atoms with Crippen molar-refractivity contribution in [3.63, 3.8) is 0 Å². The number of aromatic nitrogens is 2. The van der Waals surface area contributed by atoms with E-state index < -0.39 is 12.3 Å². The number of amides is 1. The number of aryl methyl sites for hydroxylation is 1. The number of piperidine rings is 1. The van der Waals surface area contributed by atoms with Crippen LogP contribution in [0, 0.1) is 5.92 Å². The standard InChI is InChI=1S/C29H44N6O3/c1-31-26-17-22(7-8-24(26)35(29(31)38)25-9-10-27(36)30-28(25)37)19-32-13-15-34(16-14-32)23-11-12-33(20-23)18-21-5-3-2-4-6-21/h7-8,17,21,23,25,28,37H,2-6,9-16,18-20H2,1H3,(H,30,36)/t23-,25?,28?/m1/s1. The largest absolute Gasteiger partial charge is 0.372 e. The molecule has 2 N–H and O–H groups in total. The van der Waals surface area contributed by atoms with E-state index in [1.54, 1.807) is 16.2 Å². The molecule has 0 radical (unpaired) electrons. The van der Waals surface area contributed by atoms with E-state index >= 15 is 0 Å². The fourth-order valence-electron chi connectivity index (χ4n) is 7.42. The Bertz CT molecular complexity index is 1190. The van der Waals surface area contributed by atoms with Gasteiger partial charge in [-0.15, -0.1) is 0 Å². The van der Waals surface area contributed by atoms with E-state index in [4.69, 9.17) is 0 Å². The Labute approximate surface area is 225 Å². The first kappa shape index (κ1) is 26.0. The van der Waals surface area contributed by atoms with Gasteiger partial charge in [-0.3, -0.25) is 23.7 Å². The highest BCUT2D eigenvalue weighted by molar-refractivity contribution is 5.79. The number of imidazole rings is 1. The number of nitrogens with one attached hydrogen (secondary N) is 1. The second-order valence-corrected chi connectivity index (χ2v) is 12.2. The molecule has 4 heterocycles. The number of hydrogen-bond acceptors (Lipinski definition) is 6. The summed E-state index contributed by atoms with van der Waals surface area (Å²) in [6.45, 7) is 9.12. The minimum absolute atomic E-state index is 0.153. The molecule has 4 fully saturated rings. The maximum atomic E-state index is 13.1. The van der Waals surface area contributed by atoms with E-state index in [2.05, 4.69) is 32.1 Å². The SMILES string of the molecule is Cn1c(=O)n(C2CCC(=O)NC2O)c2ccc(CN3CCN([C@@H]4CCN(CC5CCCCC5)C4)CC3)cc21. The molecular formula is C29H44N6O3. The summed E-state index contributed by atoms with van der Waals surface area (Å²) in [5.74, 6) is 0.760. The number of benzene rings is 1. The van der Waals surface area contributed by atoms with E-state index in [9.17, 15) is 14.7 Å². The number of rotatable bonds is 6. The van der Waals surface area contributed by atoms with Gasteiger partial charge in [0.05, 0.1) is 17.1 Å². The van der Waals surface area contributed by atoms with Crippen molar-refractivity contribution in [3.05, 3.63) is 34.2 Å². The summed E-state index contributed by atoms with van der Waals surface area (Å²) >= 11 is 0. The number of nitrogens with zero attached hydrogens (tertiary/aromatic N) is 5. The zero-order chi connectivity index (χ0) is 26.2. The highest BCUT2D eigenvalue weighted by Crippen LogP contribution is 2.28. The monoisotopic (exact) mass is 524 g/mol. The molecule has 38 heavy (non-hydrogen) atoms. The van der Waals surface area contributed by atoms with Crippen LogP contribution in [0.2, 0.25) is 0 Å². The van der Waals surface area contributed by atoms with Gasteiger partial charge in [-0.05, 0) is 55.8 Å². The molecule has 9 heteroatoms. The number of carbonyl (C=O) groups is 1. The first-order chi connectivity index (χ1) is 18.5. The summed E-state index contributed by atoms with van der Waals surface area (Å²) in [5, 5.41) is 13.0. The Morgan fingerprint density at radius 1 is 0.921 bits per heavy atom. The molecule has 6 rings (SSSR count). The lowest BCUT2D eigenvalue weighted by atomic mass is 9.89. The fraction of sp³-hybridized carbons (Fsp3) is 0.724. The topological polar surface area (TPSA) is 86.0 Å². The van der Waals surface area contributed by atoms with Gasteiger partial charge in [0.15, 0.2) is 0 Å². The Hall–Kier alpha value is -2.20. The van der Waals surface area contributed by atoms with Crippen LogP contribution in [-0.2, 0) is 18.4 Å². The Morgan fingerprint density at radius 2 is 1.71 bits per heavy atom. The highest BCUT2D eigenvalue weighted by atomic mass is 16.3. The molecule has 0 bridgehead atoms. The summed E-state index contributed by atoms with van der Waals surface area (Å²) in [6.07, 6.45) is 8.21. The lowest BCUT2D eigenvalue weighted by Gasteiger charge is -2.38. The number of aliphatic hydroxyl groups is 1. The van der Waals surface area contributed by atoms with Crippen LogP contribution in [0.5, 0.6) is 0 Å². The molecule has 1 saturated carbocycles. The molecule has 3 aliphatic heterocycles. The lowest BCUT2D eigenvalue weighted by Crippen LogP contribution is -2.50. The average Bonchev–Trinajstić information content (AvgIpc) is 3.48. The van der Waals surface area contributed by atoms with Gasteiger partial charge in [0.25, 0.3) is 0 Å². The summed E-state index contributed by atoms with van der Waals surface area (Å²) in [5.41, 5.74) is 2.74. The van der Waals surface area contributed by atoms with Crippen molar-refractivity contribution in [2.75, 3.05) is 45.8 Å². The van der Waals surface area contributed by atoms with Crippen LogP contribution in [0.25, 0.3) is 11.0 Å². The summed E-state index contributed by atoms with van der Waals surface area (Å²) in [4.78, 5) is 32.7. The highest BCUT2D eigenvalue weighted by Gasteiger charge is 2.33. The third kappa shape index (κ3) is 5.30. The van der Waals surface area contributed by atoms with Gasteiger partial charge in [-0.1, -0.05) is 25.3 Å². The Kier molecular flexibility index (Phi) is 7.62. The molecule has 2 unspecified atom stereocenters. The van der Waals surface area contributed by atoms with Crippen LogP contribution >= 0.6 is 0 Å². The molecule has 1 amide bonds. The average molecular weight is 525 g/mol. The molecule has 3 atom stereocenters. The van der Waals surface area contributed by atoms with Gasteiger partial charge < -0.3 is 15.3 Å². The van der Waals surface area contributed by atoms with E-state index in [0.717, 1.165) is 49.7 Å². The molecule has 1 aliphatic carbocycles. The zero-order valence-electron chi connectivity index (χ0n) is 22.9. The molecule has 1 aromatic heterocycles.